The van der Waals surface area contributed by atoms with Crippen molar-refractivity contribution >= 4 is 5.91 Å². The van der Waals surface area contributed by atoms with Gasteiger partial charge in [-0.25, -0.2) is 0 Å². The molecule has 112 valence electrons. The Kier molecular flexibility index (Phi) is 5.73. The van der Waals surface area contributed by atoms with E-state index in [0.717, 1.165) is 38.4 Å². The summed E-state index contributed by atoms with van der Waals surface area (Å²) < 4.78 is 5.30. The van der Waals surface area contributed by atoms with Gasteiger partial charge >= 0.3 is 0 Å². The van der Waals surface area contributed by atoms with E-state index in [0.29, 0.717) is 0 Å². The second-order valence-corrected chi connectivity index (χ2v) is 5.30. The third-order valence-electron chi connectivity index (χ3n) is 3.55. The summed E-state index contributed by atoms with van der Waals surface area (Å²) in [5, 5.41) is 12.2. The largest absolute Gasteiger partial charge is 0.379 e. The highest BCUT2D eigenvalue weighted by atomic mass is 16.5. The van der Waals surface area contributed by atoms with Crippen LogP contribution in [0, 0.1) is 11.3 Å². The summed E-state index contributed by atoms with van der Waals surface area (Å²) in [6.07, 6.45) is 0. The van der Waals surface area contributed by atoms with Crippen molar-refractivity contribution in [2.24, 2.45) is 0 Å². The number of hydrogen-bond acceptors (Lipinski definition) is 4. The standard InChI is InChI=1S/C16H21N3O2/c1-13(12-19-7-9-21-10-8-19)18-16(20)15(11-17)14-5-3-2-4-6-14/h2-6,13,15H,7-10,12H2,1H3,(H,18,20). The van der Waals surface area contributed by atoms with Gasteiger partial charge in [0, 0.05) is 25.7 Å². The monoisotopic (exact) mass is 287 g/mol. The molecule has 5 nitrogen and oxygen atoms in total. The van der Waals surface area contributed by atoms with E-state index >= 15 is 0 Å². The van der Waals surface area contributed by atoms with Gasteiger partial charge in [-0.3, -0.25) is 9.69 Å². The van der Waals surface area contributed by atoms with Crippen molar-refractivity contribution in [3.05, 3.63) is 35.9 Å². The van der Waals surface area contributed by atoms with Gasteiger partial charge in [0.1, 0.15) is 5.92 Å². The zero-order valence-corrected chi connectivity index (χ0v) is 12.3. The quantitative estimate of drug-likeness (QED) is 0.881. The Morgan fingerprint density at radius 3 is 2.67 bits per heavy atom. The van der Waals surface area contributed by atoms with Crippen LogP contribution in [-0.2, 0) is 9.53 Å². The van der Waals surface area contributed by atoms with Gasteiger partial charge < -0.3 is 10.1 Å². The Hall–Kier alpha value is -1.90. The number of morpholine rings is 1. The first-order valence-corrected chi connectivity index (χ1v) is 7.25. The van der Waals surface area contributed by atoms with E-state index in [4.69, 9.17) is 4.74 Å². The molecule has 5 heteroatoms. The van der Waals surface area contributed by atoms with Gasteiger partial charge in [0.2, 0.25) is 5.91 Å². The summed E-state index contributed by atoms with van der Waals surface area (Å²) in [4.78, 5) is 14.5. The lowest BCUT2D eigenvalue weighted by Crippen LogP contribution is -2.46. The van der Waals surface area contributed by atoms with Crippen molar-refractivity contribution < 1.29 is 9.53 Å². The van der Waals surface area contributed by atoms with Crippen molar-refractivity contribution in [2.45, 2.75) is 18.9 Å². The van der Waals surface area contributed by atoms with Crippen LogP contribution in [0.3, 0.4) is 0 Å². The van der Waals surface area contributed by atoms with Crippen molar-refractivity contribution in [3.63, 3.8) is 0 Å². The molecule has 0 radical (unpaired) electrons. The van der Waals surface area contributed by atoms with Crippen LogP contribution >= 0.6 is 0 Å². The van der Waals surface area contributed by atoms with Crippen LogP contribution in [0.15, 0.2) is 30.3 Å². The molecule has 0 bridgehead atoms. The van der Waals surface area contributed by atoms with E-state index in [-0.39, 0.29) is 11.9 Å². The normalized spacial score (nSPS) is 18.5. The molecule has 0 saturated carbocycles. The van der Waals surface area contributed by atoms with Crippen molar-refractivity contribution in [1.29, 1.82) is 5.26 Å². The smallest absolute Gasteiger partial charge is 0.242 e. The molecule has 2 rings (SSSR count). The van der Waals surface area contributed by atoms with Gasteiger partial charge in [0.05, 0.1) is 19.3 Å². The Labute approximate surface area is 125 Å². The highest BCUT2D eigenvalue weighted by molar-refractivity contribution is 5.86. The lowest BCUT2D eigenvalue weighted by atomic mass is 9.99. The second-order valence-electron chi connectivity index (χ2n) is 5.30. The van der Waals surface area contributed by atoms with Crippen molar-refractivity contribution in [2.75, 3.05) is 32.8 Å². The zero-order chi connectivity index (χ0) is 15.1. The number of carbonyl (C=O) groups is 1. The Balaban J connectivity index is 1.88. The number of rotatable bonds is 5. The summed E-state index contributed by atoms with van der Waals surface area (Å²) in [6.45, 7) is 6.01. The number of carbonyl (C=O) groups excluding carboxylic acids is 1. The zero-order valence-electron chi connectivity index (χ0n) is 12.3. The average Bonchev–Trinajstić information content (AvgIpc) is 2.50. The fourth-order valence-electron chi connectivity index (χ4n) is 2.47. The molecule has 1 aliphatic rings. The van der Waals surface area contributed by atoms with Crippen molar-refractivity contribution in [3.8, 4) is 6.07 Å². The molecule has 2 atom stereocenters. The van der Waals surface area contributed by atoms with E-state index in [1.54, 1.807) is 12.1 Å². The Morgan fingerprint density at radius 2 is 2.05 bits per heavy atom. The van der Waals surface area contributed by atoms with E-state index < -0.39 is 5.92 Å². The molecule has 1 aromatic carbocycles. The topological polar surface area (TPSA) is 65.4 Å². The van der Waals surface area contributed by atoms with Crippen molar-refractivity contribution in [1.82, 2.24) is 10.2 Å². The fraction of sp³-hybridized carbons (Fsp3) is 0.500. The van der Waals surface area contributed by atoms with Gasteiger partial charge in [-0.1, -0.05) is 30.3 Å². The molecule has 21 heavy (non-hydrogen) atoms. The van der Waals surface area contributed by atoms with Gasteiger partial charge in [0.15, 0.2) is 0 Å². The Morgan fingerprint density at radius 1 is 1.38 bits per heavy atom. The minimum atomic E-state index is -0.752. The summed E-state index contributed by atoms with van der Waals surface area (Å²) in [6, 6.07) is 11.2. The van der Waals surface area contributed by atoms with E-state index in [1.807, 2.05) is 25.1 Å². The van der Waals surface area contributed by atoms with Crippen LogP contribution in [0.25, 0.3) is 0 Å². The van der Waals surface area contributed by atoms with Gasteiger partial charge in [0.25, 0.3) is 0 Å². The molecule has 1 N–H and O–H groups in total. The van der Waals surface area contributed by atoms with Crippen LogP contribution in [0.5, 0.6) is 0 Å². The number of hydrogen-bond donors (Lipinski definition) is 1. The summed E-state index contributed by atoms with van der Waals surface area (Å²) in [5.41, 5.74) is 0.732. The van der Waals surface area contributed by atoms with Gasteiger partial charge in [-0.05, 0) is 12.5 Å². The van der Waals surface area contributed by atoms with Crippen LogP contribution in [0.1, 0.15) is 18.4 Å². The molecule has 1 heterocycles. The van der Waals surface area contributed by atoms with Crippen LogP contribution in [0.2, 0.25) is 0 Å². The number of nitriles is 1. The lowest BCUT2D eigenvalue weighted by Gasteiger charge is -2.29. The molecule has 1 aliphatic heterocycles. The summed E-state index contributed by atoms with van der Waals surface area (Å²) in [5.74, 6) is -0.984. The molecule has 1 aromatic rings. The van der Waals surface area contributed by atoms with Crippen LogP contribution < -0.4 is 5.32 Å². The minimum Gasteiger partial charge on any atom is -0.379 e. The summed E-state index contributed by atoms with van der Waals surface area (Å²) >= 11 is 0. The highest BCUT2D eigenvalue weighted by Gasteiger charge is 2.22. The number of nitrogens with one attached hydrogen (secondary N) is 1. The maximum atomic E-state index is 12.2. The van der Waals surface area contributed by atoms with E-state index in [2.05, 4.69) is 16.3 Å². The first-order chi connectivity index (χ1) is 10.2. The van der Waals surface area contributed by atoms with Crippen LogP contribution in [0.4, 0.5) is 0 Å². The first kappa shape index (κ1) is 15.5. The highest BCUT2D eigenvalue weighted by Crippen LogP contribution is 2.14. The van der Waals surface area contributed by atoms with E-state index in [1.165, 1.54) is 0 Å². The molecule has 1 fully saturated rings. The lowest BCUT2D eigenvalue weighted by molar-refractivity contribution is -0.122. The maximum absolute atomic E-state index is 12.2. The molecule has 2 unspecified atom stereocenters. The molecular formula is C16H21N3O2. The molecule has 0 aliphatic carbocycles. The number of nitrogens with zero attached hydrogens (tertiary/aromatic N) is 2. The third-order valence-corrected chi connectivity index (χ3v) is 3.55. The predicted octanol–water partition coefficient (Wildman–Crippen LogP) is 1.13. The van der Waals surface area contributed by atoms with Gasteiger partial charge in [-0.2, -0.15) is 5.26 Å². The predicted molar refractivity (Wildman–Crippen MR) is 79.7 cm³/mol. The molecule has 1 amide bonds. The Bertz CT molecular complexity index is 492. The van der Waals surface area contributed by atoms with E-state index in [9.17, 15) is 10.1 Å². The molecule has 0 spiro atoms. The first-order valence-electron chi connectivity index (χ1n) is 7.25. The number of benzene rings is 1. The summed E-state index contributed by atoms with van der Waals surface area (Å²) in [7, 11) is 0. The maximum Gasteiger partial charge on any atom is 0.242 e. The molecule has 1 saturated heterocycles. The van der Waals surface area contributed by atoms with Gasteiger partial charge in [-0.15, -0.1) is 0 Å². The SMILES string of the molecule is CC(CN1CCOCC1)NC(=O)C(C#N)c1ccccc1. The average molecular weight is 287 g/mol. The molecular weight excluding hydrogens is 266 g/mol. The minimum absolute atomic E-state index is 0.00941. The second kappa shape index (κ2) is 7.77. The van der Waals surface area contributed by atoms with Crippen LogP contribution in [-0.4, -0.2) is 49.7 Å². The molecule has 0 aromatic heterocycles. The fourth-order valence-corrected chi connectivity index (χ4v) is 2.47. The number of amides is 1. The third kappa shape index (κ3) is 4.55. The number of ether oxygens (including phenoxy) is 1.